The highest BCUT2D eigenvalue weighted by Crippen LogP contribution is 2.38. The summed E-state index contributed by atoms with van der Waals surface area (Å²) in [6.07, 6.45) is -0.601. The highest BCUT2D eigenvalue weighted by Gasteiger charge is 2.19. The van der Waals surface area contributed by atoms with Crippen molar-refractivity contribution in [1.29, 1.82) is 0 Å². The van der Waals surface area contributed by atoms with Crippen LogP contribution in [-0.4, -0.2) is 5.11 Å². The Bertz CT molecular complexity index is 339. The van der Waals surface area contributed by atoms with Gasteiger partial charge in [-0.25, -0.2) is 0 Å². The maximum absolute atomic E-state index is 9.91. The minimum Gasteiger partial charge on any atom is -0.388 e. The van der Waals surface area contributed by atoms with E-state index < -0.39 is 6.10 Å². The molecule has 1 nitrogen and oxygen atoms in total. The lowest BCUT2D eigenvalue weighted by molar-refractivity contribution is 0.126. The molecule has 0 spiro atoms. The number of halogens is 3. The van der Waals surface area contributed by atoms with Crippen molar-refractivity contribution >= 4 is 39.1 Å². The Morgan fingerprint density at radius 3 is 2.36 bits per heavy atom. The fourth-order valence-electron chi connectivity index (χ4n) is 1.15. The van der Waals surface area contributed by atoms with E-state index in [2.05, 4.69) is 15.9 Å². The molecule has 0 fully saturated rings. The molecule has 0 bridgehead atoms. The monoisotopic (exact) mass is 296 g/mol. The molecule has 1 aromatic carbocycles. The summed E-state index contributed by atoms with van der Waals surface area (Å²) in [5.41, 5.74) is 0.661. The van der Waals surface area contributed by atoms with Crippen molar-refractivity contribution in [2.45, 2.75) is 20.0 Å². The van der Waals surface area contributed by atoms with Gasteiger partial charge in [-0.05, 0) is 18.1 Å². The van der Waals surface area contributed by atoms with Gasteiger partial charge in [0.25, 0.3) is 0 Å². The van der Waals surface area contributed by atoms with Gasteiger partial charge in [-0.1, -0.05) is 53.0 Å². The Labute approximate surface area is 102 Å². The van der Waals surface area contributed by atoms with Crippen LogP contribution in [0.1, 0.15) is 25.5 Å². The van der Waals surface area contributed by atoms with Gasteiger partial charge in [-0.2, -0.15) is 0 Å². The second-order valence-corrected chi connectivity index (χ2v) is 5.09. The molecule has 0 saturated carbocycles. The molecule has 0 aliphatic carbocycles. The van der Waals surface area contributed by atoms with Crippen LogP contribution in [0.25, 0.3) is 0 Å². The number of hydrogen-bond donors (Lipinski definition) is 1. The van der Waals surface area contributed by atoms with Crippen LogP contribution in [0, 0.1) is 5.92 Å². The fraction of sp³-hybridized carbons (Fsp3) is 0.400. The van der Waals surface area contributed by atoms with E-state index in [9.17, 15) is 5.11 Å². The summed E-state index contributed by atoms with van der Waals surface area (Å²) in [5.74, 6) is 0.0993. The molecule has 1 atom stereocenters. The minimum absolute atomic E-state index is 0.0993. The lowest BCUT2D eigenvalue weighted by Gasteiger charge is -2.18. The fourth-order valence-corrected chi connectivity index (χ4v) is 2.27. The molecule has 0 aromatic heterocycles. The molecule has 14 heavy (non-hydrogen) atoms. The first-order valence-corrected chi connectivity index (χ1v) is 5.81. The molecule has 1 aromatic rings. The van der Waals surface area contributed by atoms with E-state index >= 15 is 0 Å². The van der Waals surface area contributed by atoms with Gasteiger partial charge in [0.1, 0.15) is 0 Å². The SMILES string of the molecule is CC(C)C(O)c1c(Br)ccc(Cl)c1Cl. The first-order valence-electron chi connectivity index (χ1n) is 4.26. The Hall–Kier alpha value is 0.240. The Morgan fingerprint density at radius 2 is 1.86 bits per heavy atom. The standard InChI is InChI=1S/C10H11BrCl2O/c1-5(2)10(14)8-6(11)3-4-7(12)9(8)13/h3-5,10,14H,1-2H3. The first kappa shape index (κ1) is 12.3. The molecule has 78 valence electrons. The van der Waals surface area contributed by atoms with Gasteiger partial charge < -0.3 is 5.11 Å². The van der Waals surface area contributed by atoms with Crippen LogP contribution in [0.3, 0.4) is 0 Å². The molecule has 0 aliphatic rings. The van der Waals surface area contributed by atoms with E-state index in [4.69, 9.17) is 23.2 Å². The normalized spacial score (nSPS) is 13.4. The zero-order valence-corrected chi connectivity index (χ0v) is 11.0. The van der Waals surface area contributed by atoms with E-state index in [0.29, 0.717) is 15.6 Å². The Kier molecular flexibility index (Phi) is 4.26. The number of rotatable bonds is 2. The minimum atomic E-state index is -0.601. The summed E-state index contributed by atoms with van der Waals surface area (Å²) in [4.78, 5) is 0. The third-order valence-electron chi connectivity index (χ3n) is 2.01. The number of aliphatic hydroxyl groups excluding tert-OH is 1. The second kappa shape index (κ2) is 4.84. The second-order valence-electron chi connectivity index (χ2n) is 3.45. The van der Waals surface area contributed by atoms with Crippen molar-refractivity contribution in [2.75, 3.05) is 0 Å². The largest absolute Gasteiger partial charge is 0.388 e. The maximum Gasteiger partial charge on any atom is 0.0838 e. The number of benzene rings is 1. The molecular weight excluding hydrogens is 287 g/mol. The van der Waals surface area contributed by atoms with Gasteiger partial charge in [0.2, 0.25) is 0 Å². The third kappa shape index (κ3) is 2.43. The smallest absolute Gasteiger partial charge is 0.0838 e. The van der Waals surface area contributed by atoms with Gasteiger partial charge in [0.15, 0.2) is 0 Å². The van der Waals surface area contributed by atoms with Crippen molar-refractivity contribution in [3.63, 3.8) is 0 Å². The van der Waals surface area contributed by atoms with E-state index in [1.165, 1.54) is 0 Å². The predicted octanol–water partition coefficient (Wildman–Crippen LogP) is 4.45. The van der Waals surface area contributed by atoms with Crippen LogP contribution in [0.15, 0.2) is 16.6 Å². The summed E-state index contributed by atoms with van der Waals surface area (Å²) in [6.45, 7) is 3.85. The van der Waals surface area contributed by atoms with E-state index in [0.717, 1.165) is 4.47 Å². The van der Waals surface area contributed by atoms with Gasteiger partial charge in [-0.15, -0.1) is 0 Å². The zero-order valence-electron chi connectivity index (χ0n) is 7.89. The highest BCUT2D eigenvalue weighted by molar-refractivity contribution is 9.10. The Balaban J connectivity index is 3.25. The quantitative estimate of drug-likeness (QED) is 0.800. The van der Waals surface area contributed by atoms with E-state index in [1.54, 1.807) is 12.1 Å². The van der Waals surface area contributed by atoms with Gasteiger partial charge >= 0.3 is 0 Å². The van der Waals surface area contributed by atoms with Crippen molar-refractivity contribution in [3.8, 4) is 0 Å². The van der Waals surface area contributed by atoms with Crippen LogP contribution in [0.5, 0.6) is 0 Å². The Morgan fingerprint density at radius 1 is 1.29 bits per heavy atom. The van der Waals surface area contributed by atoms with Crippen LogP contribution in [-0.2, 0) is 0 Å². The van der Waals surface area contributed by atoms with Crippen molar-refractivity contribution in [2.24, 2.45) is 5.92 Å². The first-order chi connectivity index (χ1) is 6.45. The van der Waals surface area contributed by atoms with Gasteiger partial charge in [-0.3, -0.25) is 0 Å². The molecule has 0 amide bonds. The lowest BCUT2D eigenvalue weighted by atomic mass is 9.99. The molecule has 1 N–H and O–H groups in total. The maximum atomic E-state index is 9.91. The van der Waals surface area contributed by atoms with Crippen LogP contribution < -0.4 is 0 Å². The van der Waals surface area contributed by atoms with Crippen LogP contribution in [0.2, 0.25) is 10.0 Å². The van der Waals surface area contributed by atoms with Gasteiger partial charge in [0.05, 0.1) is 16.1 Å². The summed E-state index contributed by atoms with van der Waals surface area (Å²) < 4.78 is 0.785. The average molecular weight is 298 g/mol. The van der Waals surface area contributed by atoms with Crippen molar-refractivity contribution in [1.82, 2.24) is 0 Å². The van der Waals surface area contributed by atoms with E-state index in [-0.39, 0.29) is 5.92 Å². The third-order valence-corrected chi connectivity index (χ3v) is 3.52. The van der Waals surface area contributed by atoms with Crippen molar-refractivity contribution in [3.05, 3.63) is 32.2 Å². The number of hydrogen-bond acceptors (Lipinski definition) is 1. The molecule has 0 saturated heterocycles. The zero-order chi connectivity index (χ0) is 10.9. The average Bonchev–Trinajstić information content (AvgIpc) is 2.12. The van der Waals surface area contributed by atoms with Crippen LogP contribution >= 0.6 is 39.1 Å². The molecule has 4 heteroatoms. The van der Waals surface area contributed by atoms with Crippen LogP contribution in [0.4, 0.5) is 0 Å². The molecule has 0 heterocycles. The summed E-state index contributed by atoms with van der Waals surface area (Å²) in [5, 5.41) is 10.8. The highest BCUT2D eigenvalue weighted by atomic mass is 79.9. The van der Waals surface area contributed by atoms with E-state index in [1.807, 2.05) is 13.8 Å². The molecule has 1 rings (SSSR count). The van der Waals surface area contributed by atoms with Gasteiger partial charge in [0, 0.05) is 10.0 Å². The summed E-state index contributed by atoms with van der Waals surface area (Å²) in [6, 6.07) is 3.49. The topological polar surface area (TPSA) is 20.2 Å². The lowest BCUT2D eigenvalue weighted by Crippen LogP contribution is -2.07. The summed E-state index contributed by atoms with van der Waals surface area (Å²) >= 11 is 15.2. The van der Waals surface area contributed by atoms with Crippen molar-refractivity contribution < 1.29 is 5.11 Å². The molecule has 1 unspecified atom stereocenters. The molecule has 0 aliphatic heterocycles. The number of aliphatic hydroxyl groups is 1. The predicted molar refractivity (Wildman–Crippen MR) is 64.0 cm³/mol. The molecular formula is C10H11BrCl2O. The summed E-state index contributed by atoms with van der Waals surface area (Å²) in [7, 11) is 0. The molecule has 0 radical (unpaired) electrons.